The van der Waals surface area contributed by atoms with Gasteiger partial charge in [-0.1, -0.05) is 54.9 Å². The fourth-order valence-corrected chi connectivity index (χ4v) is 4.20. The van der Waals surface area contributed by atoms with Gasteiger partial charge in [0.15, 0.2) is 0 Å². The summed E-state index contributed by atoms with van der Waals surface area (Å²) in [5, 5.41) is 11.9. The highest BCUT2D eigenvalue weighted by Gasteiger charge is 2.33. The van der Waals surface area contributed by atoms with Crippen LogP contribution in [-0.4, -0.2) is 44.9 Å². The number of fused-ring (bicyclic) bond motifs is 1. The lowest BCUT2D eigenvalue weighted by Crippen LogP contribution is -2.50. The van der Waals surface area contributed by atoms with Gasteiger partial charge in [-0.05, 0) is 60.0 Å². The van der Waals surface area contributed by atoms with E-state index in [2.05, 4.69) is 15.6 Å². The zero-order valence-corrected chi connectivity index (χ0v) is 21.1. The molecule has 0 aliphatic heterocycles. The van der Waals surface area contributed by atoms with Gasteiger partial charge in [0.2, 0.25) is 11.8 Å². The second-order valence-electron chi connectivity index (χ2n) is 8.79. The Morgan fingerprint density at radius 2 is 1.72 bits per heavy atom. The van der Waals surface area contributed by atoms with E-state index in [0.29, 0.717) is 22.0 Å². The number of methoxy groups -OCH3 is 1. The van der Waals surface area contributed by atoms with Crippen LogP contribution in [-0.2, 0) is 22.7 Å². The largest absolute Gasteiger partial charge is 0.497 e. The average Bonchev–Trinajstić information content (AvgIpc) is 3.28. The van der Waals surface area contributed by atoms with Gasteiger partial charge in [0.1, 0.15) is 23.9 Å². The molecule has 36 heavy (non-hydrogen) atoms. The number of aromatic nitrogens is 3. The van der Waals surface area contributed by atoms with Gasteiger partial charge in [-0.25, -0.2) is 4.68 Å². The van der Waals surface area contributed by atoms with Crippen molar-refractivity contribution in [2.24, 2.45) is 5.92 Å². The number of hydrogen-bond acceptors (Lipinski definition) is 5. The maximum atomic E-state index is 13.7. The van der Waals surface area contributed by atoms with E-state index < -0.39 is 6.04 Å². The van der Waals surface area contributed by atoms with Crippen LogP contribution in [0.5, 0.6) is 5.75 Å². The van der Waals surface area contributed by atoms with Crippen LogP contribution in [0.1, 0.15) is 19.4 Å². The predicted molar refractivity (Wildman–Crippen MR) is 140 cm³/mol. The number of amides is 2. The molecule has 3 aromatic carbocycles. The Labute approximate surface area is 214 Å². The van der Waals surface area contributed by atoms with E-state index in [9.17, 15) is 9.59 Å². The quantitative estimate of drug-likeness (QED) is 0.353. The van der Waals surface area contributed by atoms with E-state index in [1.165, 1.54) is 0 Å². The van der Waals surface area contributed by atoms with Crippen molar-refractivity contribution in [2.45, 2.75) is 33.0 Å². The van der Waals surface area contributed by atoms with Crippen LogP contribution in [0.4, 0.5) is 5.69 Å². The number of rotatable bonds is 9. The molecule has 1 heterocycles. The van der Waals surface area contributed by atoms with Crippen molar-refractivity contribution in [3.8, 4) is 5.75 Å². The minimum absolute atomic E-state index is 0.0485. The maximum absolute atomic E-state index is 13.7. The monoisotopic (exact) mass is 505 g/mol. The summed E-state index contributed by atoms with van der Waals surface area (Å²) < 4.78 is 6.76. The lowest BCUT2D eigenvalue weighted by molar-refractivity contribution is -0.141. The van der Waals surface area contributed by atoms with Crippen LogP contribution in [0.2, 0.25) is 5.02 Å². The van der Waals surface area contributed by atoms with Crippen molar-refractivity contribution in [3.05, 3.63) is 83.4 Å². The second-order valence-corrected chi connectivity index (χ2v) is 9.23. The minimum Gasteiger partial charge on any atom is -0.497 e. The Hall–Kier alpha value is -3.91. The summed E-state index contributed by atoms with van der Waals surface area (Å²) in [5.41, 5.74) is 2.93. The smallest absolute Gasteiger partial charge is 0.247 e. The standard InChI is InChI=1S/C27H28ClN5O3/c1-18(2)26(27(35)29-21-12-14-22(36-3)15-13-21)32(16-19-8-10-20(28)11-9-19)25(34)17-33-24-7-5-4-6-23(24)30-31-33/h4-15,18,26H,16-17H2,1-3H3,(H,29,35). The van der Waals surface area contributed by atoms with Crippen molar-refractivity contribution in [3.63, 3.8) is 0 Å². The molecule has 0 radical (unpaired) electrons. The first-order chi connectivity index (χ1) is 17.4. The van der Waals surface area contributed by atoms with Gasteiger partial charge in [-0.3, -0.25) is 9.59 Å². The molecule has 0 saturated carbocycles. The topological polar surface area (TPSA) is 89.4 Å². The first-order valence-electron chi connectivity index (χ1n) is 11.6. The highest BCUT2D eigenvalue weighted by atomic mass is 35.5. The van der Waals surface area contributed by atoms with Gasteiger partial charge < -0.3 is 15.0 Å². The van der Waals surface area contributed by atoms with Gasteiger partial charge in [0.25, 0.3) is 0 Å². The Morgan fingerprint density at radius 1 is 1.03 bits per heavy atom. The molecule has 9 heteroatoms. The molecule has 1 atom stereocenters. The molecule has 0 saturated heterocycles. The van der Waals surface area contributed by atoms with Crippen LogP contribution in [0.25, 0.3) is 11.0 Å². The number of carbonyl (C=O) groups is 2. The second kappa shape index (κ2) is 11.2. The van der Waals surface area contributed by atoms with Crippen molar-refractivity contribution >= 4 is 40.1 Å². The molecule has 1 N–H and O–H groups in total. The third-order valence-electron chi connectivity index (χ3n) is 5.89. The lowest BCUT2D eigenvalue weighted by Gasteiger charge is -2.33. The third kappa shape index (κ3) is 5.83. The first-order valence-corrected chi connectivity index (χ1v) is 12.0. The normalized spacial score (nSPS) is 11.9. The van der Waals surface area contributed by atoms with Gasteiger partial charge in [0, 0.05) is 17.3 Å². The Balaban J connectivity index is 1.63. The molecule has 1 aromatic heterocycles. The van der Waals surface area contributed by atoms with E-state index in [4.69, 9.17) is 16.3 Å². The van der Waals surface area contributed by atoms with Crippen LogP contribution < -0.4 is 10.1 Å². The molecule has 4 rings (SSSR count). The molecule has 0 fully saturated rings. The van der Waals surface area contributed by atoms with E-state index in [1.54, 1.807) is 53.1 Å². The zero-order chi connectivity index (χ0) is 25.7. The fraction of sp³-hybridized carbons (Fsp3) is 0.259. The maximum Gasteiger partial charge on any atom is 0.247 e. The number of ether oxygens (including phenoxy) is 1. The Bertz CT molecular complexity index is 1340. The van der Waals surface area contributed by atoms with Crippen LogP contribution in [0.15, 0.2) is 72.8 Å². The molecule has 4 aromatic rings. The van der Waals surface area contributed by atoms with Crippen molar-refractivity contribution in [1.29, 1.82) is 0 Å². The Morgan fingerprint density at radius 3 is 2.39 bits per heavy atom. The van der Waals surface area contributed by atoms with Crippen LogP contribution in [0.3, 0.4) is 0 Å². The van der Waals surface area contributed by atoms with Crippen molar-refractivity contribution in [1.82, 2.24) is 19.9 Å². The number of benzene rings is 3. The summed E-state index contributed by atoms with van der Waals surface area (Å²) >= 11 is 6.06. The van der Waals surface area contributed by atoms with Crippen LogP contribution >= 0.6 is 11.6 Å². The number of para-hydroxylation sites is 1. The molecule has 2 amide bonds. The van der Waals surface area contributed by atoms with E-state index in [0.717, 1.165) is 11.1 Å². The molecule has 0 aliphatic rings. The highest BCUT2D eigenvalue weighted by Crippen LogP contribution is 2.22. The molecule has 0 spiro atoms. The number of anilines is 1. The lowest BCUT2D eigenvalue weighted by atomic mass is 10.00. The minimum atomic E-state index is -0.731. The molecular formula is C27H28ClN5O3. The van der Waals surface area contributed by atoms with Gasteiger partial charge in [-0.2, -0.15) is 0 Å². The average molecular weight is 506 g/mol. The van der Waals surface area contributed by atoms with E-state index in [-0.39, 0.29) is 30.8 Å². The zero-order valence-electron chi connectivity index (χ0n) is 20.4. The van der Waals surface area contributed by atoms with Crippen LogP contribution in [0, 0.1) is 5.92 Å². The summed E-state index contributed by atoms with van der Waals surface area (Å²) in [5.74, 6) is 0.00473. The number of carbonyl (C=O) groups excluding carboxylic acids is 2. The first kappa shape index (κ1) is 25.2. The van der Waals surface area contributed by atoms with Crippen molar-refractivity contribution < 1.29 is 14.3 Å². The molecule has 1 unspecified atom stereocenters. The highest BCUT2D eigenvalue weighted by molar-refractivity contribution is 6.30. The summed E-state index contributed by atoms with van der Waals surface area (Å²) in [7, 11) is 1.58. The molecule has 0 bridgehead atoms. The fourth-order valence-electron chi connectivity index (χ4n) is 4.08. The summed E-state index contributed by atoms with van der Waals surface area (Å²) in [6, 6.07) is 21.0. The van der Waals surface area contributed by atoms with Gasteiger partial charge in [0.05, 0.1) is 12.6 Å². The van der Waals surface area contributed by atoms with Gasteiger partial charge >= 0.3 is 0 Å². The summed E-state index contributed by atoms with van der Waals surface area (Å²) in [4.78, 5) is 28.8. The summed E-state index contributed by atoms with van der Waals surface area (Å²) in [6.45, 7) is 4.03. The van der Waals surface area contributed by atoms with E-state index in [1.807, 2.05) is 50.2 Å². The predicted octanol–water partition coefficient (Wildman–Crippen LogP) is 4.79. The molecule has 8 nitrogen and oxygen atoms in total. The number of nitrogens with zero attached hydrogens (tertiary/aromatic N) is 4. The Kier molecular flexibility index (Phi) is 7.85. The van der Waals surface area contributed by atoms with Gasteiger partial charge in [-0.15, -0.1) is 5.10 Å². The molecular weight excluding hydrogens is 478 g/mol. The van der Waals surface area contributed by atoms with E-state index >= 15 is 0 Å². The molecule has 0 aliphatic carbocycles. The third-order valence-corrected chi connectivity index (χ3v) is 6.14. The van der Waals surface area contributed by atoms with Crippen molar-refractivity contribution in [2.75, 3.05) is 12.4 Å². The number of halogens is 1. The molecule has 186 valence electrons. The SMILES string of the molecule is COc1ccc(NC(=O)C(C(C)C)N(Cc2ccc(Cl)cc2)C(=O)Cn2nnc3ccccc32)cc1. The number of nitrogens with one attached hydrogen (secondary N) is 1. The summed E-state index contributed by atoms with van der Waals surface area (Å²) in [6.07, 6.45) is 0. The number of hydrogen-bond donors (Lipinski definition) is 1.